The summed E-state index contributed by atoms with van der Waals surface area (Å²) in [5.74, 6) is -0.344. The molecule has 2 rings (SSSR count). The number of rotatable bonds is 10. The van der Waals surface area contributed by atoms with Gasteiger partial charge in [0.05, 0.1) is 6.04 Å². The number of carbonyl (C=O) groups is 1. The normalized spacial score (nSPS) is 12.7. The highest BCUT2D eigenvalue weighted by Crippen LogP contribution is 2.42. The average molecular weight is 437 g/mol. The minimum atomic E-state index is -4.75. The van der Waals surface area contributed by atoms with E-state index >= 15 is 0 Å². The second-order valence-corrected chi connectivity index (χ2v) is 7.39. The molecule has 1 aromatic heterocycles. The summed E-state index contributed by atoms with van der Waals surface area (Å²) in [6, 6.07) is 8.19. The molecule has 1 atom stereocenters. The van der Waals surface area contributed by atoms with Gasteiger partial charge in [-0.15, -0.1) is 10.2 Å². The quantitative estimate of drug-likeness (QED) is 0.182. The van der Waals surface area contributed by atoms with Gasteiger partial charge in [0.1, 0.15) is 17.2 Å². The number of unbranched alkanes of at least 4 members (excludes halogenated alkanes) is 1. The topological polar surface area (TPSA) is 212 Å². The van der Waals surface area contributed by atoms with Crippen molar-refractivity contribution in [2.75, 3.05) is 17.6 Å². The summed E-state index contributed by atoms with van der Waals surface area (Å²) in [5.41, 5.74) is 17.4. The number of benzene rings is 1. The molecule has 2 aromatic rings. The summed E-state index contributed by atoms with van der Waals surface area (Å²) in [6.45, 7) is 0.540. The van der Waals surface area contributed by atoms with Crippen LogP contribution in [-0.2, 0) is 9.36 Å². The van der Waals surface area contributed by atoms with Crippen molar-refractivity contribution in [2.45, 2.75) is 25.3 Å². The maximum atomic E-state index is 12.1. The number of phosphoric acid groups is 1. The molecule has 1 aromatic carbocycles. The van der Waals surface area contributed by atoms with Crippen molar-refractivity contribution in [2.24, 2.45) is 21.7 Å². The van der Waals surface area contributed by atoms with Crippen LogP contribution < -0.4 is 27.0 Å². The SMILES string of the molecule is NCCCC[C@H](N)C(=O)Nc1ccc(N=Nc2ccccc2OP(=O)(O)O)c(N)n1. The molecule has 1 heterocycles. The van der Waals surface area contributed by atoms with E-state index in [1.54, 1.807) is 6.07 Å². The van der Waals surface area contributed by atoms with Gasteiger partial charge in [0.25, 0.3) is 0 Å². The maximum Gasteiger partial charge on any atom is 0.524 e. The van der Waals surface area contributed by atoms with Gasteiger partial charge in [0.15, 0.2) is 11.6 Å². The van der Waals surface area contributed by atoms with Gasteiger partial charge in [-0.05, 0) is 43.7 Å². The molecule has 0 radical (unpaired) electrons. The van der Waals surface area contributed by atoms with Crippen LogP contribution in [0.15, 0.2) is 46.6 Å². The first kappa shape index (κ1) is 23.4. The Morgan fingerprint density at radius 3 is 2.53 bits per heavy atom. The fourth-order valence-corrected chi connectivity index (χ4v) is 2.74. The monoisotopic (exact) mass is 437 g/mol. The van der Waals surface area contributed by atoms with Crippen LogP contribution in [0.3, 0.4) is 0 Å². The van der Waals surface area contributed by atoms with Crippen LogP contribution >= 0.6 is 7.82 Å². The first-order valence-electron chi connectivity index (χ1n) is 8.98. The third kappa shape index (κ3) is 7.50. The molecule has 0 saturated carbocycles. The van der Waals surface area contributed by atoms with Crippen LogP contribution in [0.4, 0.5) is 23.0 Å². The van der Waals surface area contributed by atoms with E-state index < -0.39 is 19.8 Å². The van der Waals surface area contributed by atoms with E-state index in [1.807, 2.05) is 0 Å². The molecular formula is C17H24N7O5P. The van der Waals surface area contributed by atoms with Gasteiger partial charge in [-0.3, -0.25) is 14.6 Å². The van der Waals surface area contributed by atoms with Gasteiger partial charge in [0.2, 0.25) is 5.91 Å². The predicted molar refractivity (Wildman–Crippen MR) is 111 cm³/mol. The van der Waals surface area contributed by atoms with Crippen molar-refractivity contribution >= 4 is 36.7 Å². The minimum Gasteiger partial charge on any atom is -0.402 e. The third-order valence-corrected chi connectivity index (χ3v) is 4.24. The molecule has 13 heteroatoms. The zero-order valence-corrected chi connectivity index (χ0v) is 16.9. The second-order valence-electron chi connectivity index (χ2n) is 6.23. The molecule has 0 spiro atoms. The second kappa shape index (κ2) is 10.8. The van der Waals surface area contributed by atoms with Crippen LogP contribution in [-0.4, -0.2) is 33.3 Å². The van der Waals surface area contributed by atoms with Gasteiger partial charge in [-0.1, -0.05) is 18.6 Å². The number of nitrogen functional groups attached to an aromatic ring is 1. The van der Waals surface area contributed by atoms with E-state index in [0.717, 1.165) is 12.8 Å². The zero-order valence-electron chi connectivity index (χ0n) is 16.0. The molecule has 162 valence electrons. The summed E-state index contributed by atoms with van der Waals surface area (Å²) >= 11 is 0. The van der Waals surface area contributed by atoms with Gasteiger partial charge in [-0.25, -0.2) is 9.55 Å². The number of anilines is 2. The number of azo groups is 1. The molecule has 0 unspecified atom stereocenters. The van der Waals surface area contributed by atoms with Crippen LogP contribution in [0, 0.1) is 0 Å². The van der Waals surface area contributed by atoms with Gasteiger partial charge in [-0.2, -0.15) is 0 Å². The number of hydrogen-bond acceptors (Lipinski definition) is 9. The lowest BCUT2D eigenvalue weighted by Gasteiger charge is -2.12. The molecule has 0 aliphatic carbocycles. The lowest BCUT2D eigenvalue weighted by Crippen LogP contribution is -2.35. The van der Waals surface area contributed by atoms with E-state index in [1.165, 1.54) is 30.3 Å². The Morgan fingerprint density at radius 2 is 1.87 bits per heavy atom. The van der Waals surface area contributed by atoms with E-state index in [9.17, 15) is 9.36 Å². The van der Waals surface area contributed by atoms with E-state index in [2.05, 4.69) is 25.1 Å². The number of nitrogens with one attached hydrogen (secondary N) is 1. The van der Waals surface area contributed by atoms with Crippen molar-refractivity contribution in [3.05, 3.63) is 36.4 Å². The van der Waals surface area contributed by atoms with Crippen LogP contribution in [0.2, 0.25) is 0 Å². The van der Waals surface area contributed by atoms with E-state index in [-0.39, 0.29) is 28.8 Å². The van der Waals surface area contributed by atoms with Crippen LogP contribution in [0.1, 0.15) is 19.3 Å². The number of hydrogen-bond donors (Lipinski definition) is 6. The first-order valence-corrected chi connectivity index (χ1v) is 10.5. The summed E-state index contributed by atoms with van der Waals surface area (Å²) in [5, 5.41) is 10.4. The number of nitrogens with two attached hydrogens (primary N) is 3. The van der Waals surface area contributed by atoms with Crippen molar-refractivity contribution in [1.82, 2.24) is 4.98 Å². The largest absolute Gasteiger partial charge is 0.524 e. The highest BCUT2D eigenvalue weighted by atomic mass is 31.2. The Labute approximate surface area is 172 Å². The fourth-order valence-electron chi connectivity index (χ4n) is 2.33. The van der Waals surface area contributed by atoms with Crippen molar-refractivity contribution in [1.29, 1.82) is 0 Å². The molecule has 12 nitrogen and oxygen atoms in total. The standard InChI is InChI=1S/C17H24N7O5P/c18-10-4-3-5-11(19)17(25)22-15-9-8-13(16(20)21-15)24-23-12-6-1-2-7-14(12)29-30(26,27)28/h1-2,6-9,11H,3-5,10,18-19H2,(H2,26,27,28)(H3,20,21,22,25)/t11-/m0/s1. The Balaban J connectivity index is 2.08. The summed E-state index contributed by atoms with van der Waals surface area (Å²) in [6.07, 6.45) is 2.03. The molecule has 1 amide bonds. The molecule has 0 bridgehead atoms. The number of para-hydroxylation sites is 1. The smallest absolute Gasteiger partial charge is 0.402 e. The number of carbonyl (C=O) groups excluding carboxylic acids is 1. The summed E-state index contributed by atoms with van der Waals surface area (Å²) < 4.78 is 15.6. The fraction of sp³-hybridized carbons (Fsp3) is 0.294. The van der Waals surface area contributed by atoms with Crippen molar-refractivity contribution < 1.29 is 23.7 Å². The Bertz CT molecular complexity index is 950. The number of aromatic nitrogens is 1. The van der Waals surface area contributed by atoms with Gasteiger partial charge in [0, 0.05) is 0 Å². The van der Waals surface area contributed by atoms with Crippen molar-refractivity contribution in [3.8, 4) is 5.75 Å². The van der Waals surface area contributed by atoms with Gasteiger partial charge < -0.3 is 27.0 Å². The molecule has 0 saturated heterocycles. The lowest BCUT2D eigenvalue weighted by molar-refractivity contribution is -0.117. The zero-order chi connectivity index (χ0) is 22.1. The number of nitrogens with zero attached hydrogens (tertiary/aromatic N) is 3. The van der Waals surface area contributed by atoms with E-state index in [0.29, 0.717) is 13.0 Å². The molecule has 0 fully saturated rings. The van der Waals surface area contributed by atoms with Gasteiger partial charge >= 0.3 is 7.82 Å². The summed E-state index contributed by atoms with van der Waals surface area (Å²) in [7, 11) is -4.75. The first-order chi connectivity index (χ1) is 14.2. The maximum absolute atomic E-state index is 12.1. The molecule has 0 aliphatic rings. The van der Waals surface area contributed by atoms with E-state index in [4.69, 9.17) is 27.0 Å². The highest BCUT2D eigenvalue weighted by Gasteiger charge is 2.18. The average Bonchev–Trinajstić information content (AvgIpc) is 2.67. The van der Waals surface area contributed by atoms with Crippen LogP contribution in [0.25, 0.3) is 0 Å². The van der Waals surface area contributed by atoms with Crippen LogP contribution in [0.5, 0.6) is 5.75 Å². The molecular weight excluding hydrogens is 413 g/mol. The molecule has 9 N–H and O–H groups in total. The minimum absolute atomic E-state index is 0.0124. The number of pyridine rings is 1. The molecule has 30 heavy (non-hydrogen) atoms. The Morgan fingerprint density at radius 1 is 1.17 bits per heavy atom. The highest BCUT2D eigenvalue weighted by molar-refractivity contribution is 7.46. The molecule has 0 aliphatic heterocycles. The Hall–Kier alpha value is -2.89. The van der Waals surface area contributed by atoms with Crippen molar-refractivity contribution in [3.63, 3.8) is 0 Å². The number of amides is 1. The lowest BCUT2D eigenvalue weighted by atomic mass is 10.1. The predicted octanol–water partition coefficient (Wildman–Crippen LogP) is 1.95. The number of phosphoric ester groups is 1. The third-order valence-electron chi connectivity index (χ3n) is 3.81. The Kier molecular flexibility index (Phi) is 8.39. The summed E-state index contributed by atoms with van der Waals surface area (Å²) in [4.78, 5) is 34.1.